The van der Waals surface area contributed by atoms with Crippen LogP contribution in [0.25, 0.3) is 21.5 Å². The maximum Gasteiger partial charge on any atom is 0.230 e. The van der Waals surface area contributed by atoms with Gasteiger partial charge in [-0.05, 0) is 61.9 Å². The lowest BCUT2D eigenvalue weighted by atomic mass is 10.1. The average molecular weight is 404 g/mol. The molecule has 0 radical (unpaired) electrons. The summed E-state index contributed by atoms with van der Waals surface area (Å²) in [5.74, 6) is 0.745. The molecule has 0 saturated heterocycles. The lowest BCUT2D eigenvalue weighted by molar-refractivity contribution is -0.115. The highest BCUT2D eigenvalue weighted by molar-refractivity contribution is 7.13. The number of pyridine rings is 1. The van der Waals surface area contributed by atoms with Gasteiger partial charge in [-0.1, -0.05) is 6.07 Å². The quantitative estimate of drug-likeness (QED) is 0.478. The molecule has 0 unspecified atom stereocenters. The first-order valence-corrected chi connectivity index (χ1v) is 10.3. The summed E-state index contributed by atoms with van der Waals surface area (Å²) in [6, 6.07) is 15.6. The van der Waals surface area contributed by atoms with Gasteiger partial charge >= 0.3 is 0 Å². The zero-order valence-corrected chi connectivity index (χ0v) is 17.1. The Bertz CT molecular complexity index is 1150. The second-order valence-electron chi connectivity index (χ2n) is 6.66. The van der Waals surface area contributed by atoms with Gasteiger partial charge in [0.05, 0.1) is 29.9 Å². The number of amides is 1. The fourth-order valence-electron chi connectivity index (χ4n) is 3.16. The molecular weight excluding hydrogens is 382 g/mol. The molecular formula is C23H21N3O2S. The lowest BCUT2D eigenvalue weighted by Crippen LogP contribution is -2.15. The molecule has 29 heavy (non-hydrogen) atoms. The van der Waals surface area contributed by atoms with E-state index in [2.05, 4.69) is 15.3 Å². The number of nitrogens with one attached hydrogen (secondary N) is 1. The Kier molecular flexibility index (Phi) is 5.53. The number of fused-ring (bicyclic) bond motifs is 1. The maximum absolute atomic E-state index is 12.6. The molecule has 0 aliphatic carbocycles. The van der Waals surface area contributed by atoms with Crippen molar-refractivity contribution in [1.82, 2.24) is 9.97 Å². The number of rotatable bonds is 6. The van der Waals surface area contributed by atoms with Crippen LogP contribution in [0.3, 0.4) is 0 Å². The molecule has 2 aromatic carbocycles. The van der Waals surface area contributed by atoms with Gasteiger partial charge in [-0.25, -0.2) is 4.98 Å². The number of aryl methyl sites for hydroxylation is 1. The van der Waals surface area contributed by atoms with Crippen molar-refractivity contribution >= 4 is 33.8 Å². The number of ether oxygens (including phenoxy) is 1. The van der Waals surface area contributed by atoms with Crippen LogP contribution in [0.4, 0.5) is 5.69 Å². The Morgan fingerprint density at radius 3 is 2.76 bits per heavy atom. The van der Waals surface area contributed by atoms with Crippen molar-refractivity contribution in [2.75, 3.05) is 11.9 Å². The highest BCUT2D eigenvalue weighted by Gasteiger charge is 2.12. The summed E-state index contributed by atoms with van der Waals surface area (Å²) in [6.45, 7) is 4.61. The smallest absolute Gasteiger partial charge is 0.230 e. The number of hydrogen-bond acceptors (Lipinski definition) is 5. The Balaban J connectivity index is 1.47. The third-order valence-electron chi connectivity index (χ3n) is 4.55. The first-order chi connectivity index (χ1) is 14.1. The molecule has 4 rings (SSSR count). The Morgan fingerprint density at radius 1 is 1.14 bits per heavy atom. The predicted molar refractivity (Wildman–Crippen MR) is 118 cm³/mol. The number of anilines is 1. The number of carbonyl (C=O) groups excluding carboxylic acids is 1. The van der Waals surface area contributed by atoms with Crippen LogP contribution < -0.4 is 10.1 Å². The first-order valence-electron chi connectivity index (χ1n) is 9.46. The predicted octanol–water partition coefficient (Wildman–Crippen LogP) is 5.25. The van der Waals surface area contributed by atoms with Crippen LogP contribution in [0.15, 0.2) is 60.1 Å². The van der Waals surface area contributed by atoms with E-state index < -0.39 is 0 Å². The fourth-order valence-corrected chi connectivity index (χ4v) is 3.99. The minimum Gasteiger partial charge on any atom is -0.494 e. The minimum absolute atomic E-state index is 0.0949. The van der Waals surface area contributed by atoms with Crippen molar-refractivity contribution in [3.05, 3.63) is 71.4 Å². The summed E-state index contributed by atoms with van der Waals surface area (Å²) >= 11 is 1.53. The third-order valence-corrected chi connectivity index (χ3v) is 5.49. The van der Waals surface area contributed by atoms with E-state index in [9.17, 15) is 4.79 Å². The van der Waals surface area contributed by atoms with E-state index >= 15 is 0 Å². The average Bonchev–Trinajstić information content (AvgIpc) is 3.19. The van der Waals surface area contributed by atoms with Gasteiger partial charge in [-0.2, -0.15) is 0 Å². The molecule has 2 aromatic heterocycles. The van der Waals surface area contributed by atoms with Crippen LogP contribution in [0, 0.1) is 6.92 Å². The summed E-state index contributed by atoms with van der Waals surface area (Å²) in [5.41, 5.74) is 4.52. The van der Waals surface area contributed by atoms with Crippen molar-refractivity contribution < 1.29 is 9.53 Å². The molecule has 0 spiro atoms. The van der Waals surface area contributed by atoms with Crippen molar-refractivity contribution in [2.24, 2.45) is 0 Å². The van der Waals surface area contributed by atoms with Crippen molar-refractivity contribution in [3.63, 3.8) is 0 Å². The van der Waals surface area contributed by atoms with Gasteiger partial charge in [-0.3, -0.25) is 9.78 Å². The van der Waals surface area contributed by atoms with Gasteiger partial charge in [0.25, 0.3) is 0 Å². The zero-order chi connectivity index (χ0) is 20.2. The highest BCUT2D eigenvalue weighted by atomic mass is 32.1. The van der Waals surface area contributed by atoms with Gasteiger partial charge in [0, 0.05) is 22.5 Å². The minimum atomic E-state index is -0.0949. The normalized spacial score (nSPS) is 10.8. The van der Waals surface area contributed by atoms with Gasteiger partial charge in [0.1, 0.15) is 10.8 Å². The fraction of sp³-hybridized carbons (Fsp3) is 0.174. The molecule has 1 amide bonds. The molecule has 2 heterocycles. The summed E-state index contributed by atoms with van der Waals surface area (Å²) in [5, 5.41) is 6.76. The molecule has 0 fully saturated rings. The Labute approximate surface area is 173 Å². The van der Waals surface area contributed by atoms with E-state index in [1.54, 1.807) is 6.20 Å². The van der Waals surface area contributed by atoms with Gasteiger partial charge in [0.2, 0.25) is 5.91 Å². The van der Waals surface area contributed by atoms with Crippen LogP contribution in [-0.4, -0.2) is 22.5 Å². The molecule has 0 bridgehead atoms. The Morgan fingerprint density at radius 2 is 1.97 bits per heavy atom. The van der Waals surface area contributed by atoms with E-state index in [1.807, 2.05) is 67.8 Å². The van der Waals surface area contributed by atoms with Gasteiger partial charge < -0.3 is 10.1 Å². The van der Waals surface area contributed by atoms with Crippen molar-refractivity contribution in [3.8, 4) is 16.3 Å². The molecule has 6 heteroatoms. The lowest BCUT2D eigenvalue weighted by Gasteiger charge is -2.09. The number of thiazole rings is 1. The van der Waals surface area contributed by atoms with Crippen molar-refractivity contribution in [1.29, 1.82) is 0 Å². The standard InChI is InChI=1S/C23H21N3O2S/c1-3-28-18-9-7-16(8-10-18)23-25-17(14-29-23)13-21(27)26-20-11-6-15(2)22-19(20)5-4-12-24-22/h4-12,14H,3,13H2,1-2H3,(H,26,27). The SMILES string of the molecule is CCOc1ccc(-c2nc(CC(=O)Nc3ccc(C)c4ncccc34)cs2)cc1. The number of carbonyl (C=O) groups is 1. The molecule has 0 aliphatic heterocycles. The molecule has 5 nitrogen and oxygen atoms in total. The molecule has 4 aromatic rings. The van der Waals surface area contributed by atoms with Crippen molar-refractivity contribution in [2.45, 2.75) is 20.3 Å². The van der Waals surface area contributed by atoms with Gasteiger partial charge in [0.15, 0.2) is 0 Å². The molecule has 0 atom stereocenters. The first kappa shape index (κ1) is 19.1. The molecule has 146 valence electrons. The van der Waals surface area contributed by atoms with Gasteiger partial charge in [-0.15, -0.1) is 11.3 Å². The highest BCUT2D eigenvalue weighted by Crippen LogP contribution is 2.27. The van der Waals surface area contributed by atoms with Crippen LogP contribution in [-0.2, 0) is 11.2 Å². The number of nitrogens with zero attached hydrogens (tertiary/aromatic N) is 2. The summed E-state index contributed by atoms with van der Waals surface area (Å²) in [6.07, 6.45) is 1.99. The van der Waals surface area contributed by atoms with E-state index in [-0.39, 0.29) is 12.3 Å². The second kappa shape index (κ2) is 8.41. The van der Waals surface area contributed by atoms with E-state index in [4.69, 9.17) is 4.74 Å². The maximum atomic E-state index is 12.6. The van der Waals surface area contributed by atoms with E-state index in [0.29, 0.717) is 6.61 Å². The molecule has 0 saturated carbocycles. The largest absolute Gasteiger partial charge is 0.494 e. The number of hydrogen-bond donors (Lipinski definition) is 1. The molecule has 0 aliphatic rings. The zero-order valence-electron chi connectivity index (χ0n) is 16.3. The van der Waals surface area contributed by atoms with E-state index in [0.717, 1.165) is 44.2 Å². The van der Waals surface area contributed by atoms with E-state index in [1.165, 1.54) is 11.3 Å². The van der Waals surface area contributed by atoms with Crippen LogP contribution in [0.5, 0.6) is 5.75 Å². The monoisotopic (exact) mass is 403 g/mol. The second-order valence-corrected chi connectivity index (χ2v) is 7.51. The number of aromatic nitrogens is 2. The third kappa shape index (κ3) is 4.27. The van der Waals surface area contributed by atoms with Crippen LogP contribution >= 0.6 is 11.3 Å². The Hall–Kier alpha value is -3.25. The topological polar surface area (TPSA) is 64.1 Å². The summed E-state index contributed by atoms with van der Waals surface area (Å²) < 4.78 is 5.47. The number of benzene rings is 2. The van der Waals surface area contributed by atoms with Crippen LogP contribution in [0.2, 0.25) is 0 Å². The molecule has 1 N–H and O–H groups in total. The van der Waals surface area contributed by atoms with Crippen LogP contribution in [0.1, 0.15) is 18.2 Å². The summed E-state index contributed by atoms with van der Waals surface area (Å²) in [7, 11) is 0. The summed E-state index contributed by atoms with van der Waals surface area (Å²) in [4.78, 5) is 21.6.